The lowest BCUT2D eigenvalue weighted by atomic mass is 10.1. The van der Waals surface area contributed by atoms with Gasteiger partial charge in [-0.3, -0.25) is 9.59 Å². The molecule has 0 fully saturated rings. The van der Waals surface area contributed by atoms with Crippen LogP contribution in [0.15, 0.2) is 35.9 Å². The van der Waals surface area contributed by atoms with E-state index in [1.807, 2.05) is 44.2 Å². The fourth-order valence-electron chi connectivity index (χ4n) is 1.50. The molecule has 0 atom stereocenters. The van der Waals surface area contributed by atoms with Gasteiger partial charge >= 0.3 is 0 Å². The van der Waals surface area contributed by atoms with Crippen molar-refractivity contribution >= 4 is 17.4 Å². The van der Waals surface area contributed by atoms with E-state index >= 15 is 0 Å². The van der Waals surface area contributed by atoms with E-state index in [9.17, 15) is 9.59 Å². The molecular formula is C14H17NO2. The lowest BCUT2D eigenvalue weighted by molar-refractivity contribution is -0.126. The monoisotopic (exact) mass is 231 g/mol. The van der Waals surface area contributed by atoms with Crippen LogP contribution in [-0.4, -0.2) is 11.7 Å². The van der Waals surface area contributed by atoms with Crippen molar-refractivity contribution in [2.45, 2.75) is 27.2 Å². The molecule has 0 spiro atoms. The van der Waals surface area contributed by atoms with Crippen LogP contribution in [0.2, 0.25) is 0 Å². The first kappa shape index (κ1) is 13.2. The molecule has 0 bridgehead atoms. The van der Waals surface area contributed by atoms with E-state index < -0.39 is 0 Å². The number of carbonyl (C=O) groups excluding carboxylic acids is 2. The topological polar surface area (TPSA) is 46.2 Å². The zero-order valence-electron chi connectivity index (χ0n) is 10.4. The number of allylic oxidation sites excluding steroid dienone is 1. The standard InChI is InChI=1S/C14H17NO2/c1-10(2)14(12-7-5-4-6-8-12)15-13(17)9-11(3)16/h4-8H,9H2,1-3H3,(H,15,17). The number of Topliss-reactive ketones (excluding diaryl/α,β-unsaturated/α-hetero) is 1. The first-order valence-corrected chi connectivity index (χ1v) is 5.53. The highest BCUT2D eigenvalue weighted by atomic mass is 16.2. The zero-order valence-corrected chi connectivity index (χ0v) is 10.4. The second kappa shape index (κ2) is 5.99. The maximum absolute atomic E-state index is 11.6. The first-order valence-electron chi connectivity index (χ1n) is 5.53. The van der Waals surface area contributed by atoms with E-state index in [1.165, 1.54) is 6.92 Å². The van der Waals surface area contributed by atoms with Crippen LogP contribution in [0, 0.1) is 0 Å². The quantitative estimate of drug-likeness (QED) is 0.809. The average molecular weight is 231 g/mol. The number of ketones is 1. The van der Waals surface area contributed by atoms with Crippen molar-refractivity contribution in [1.82, 2.24) is 5.32 Å². The molecule has 0 aliphatic heterocycles. The summed E-state index contributed by atoms with van der Waals surface area (Å²) in [4.78, 5) is 22.4. The summed E-state index contributed by atoms with van der Waals surface area (Å²) >= 11 is 0. The van der Waals surface area contributed by atoms with E-state index in [-0.39, 0.29) is 18.1 Å². The molecule has 0 saturated carbocycles. The van der Waals surface area contributed by atoms with E-state index in [1.54, 1.807) is 0 Å². The Morgan fingerprint density at radius 3 is 2.12 bits per heavy atom. The second-order valence-corrected chi connectivity index (χ2v) is 4.17. The van der Waals surface area contributed by atoms with E-state index in [4.69, 9.17) is 0 Å². The van der Waals surface area contributed by atoms with Crippen LogP contribution >= 0.6 is 0 Å². The van der Waals surface area contributed by atoms with Crippen molar-refractivity contribution in [1.29, 1.82) is 0 Å². The Kier molecular flexibility index (Phi) is 4.64. The Morgan fingerprint density at radius 1 is 1.06 bits per heavy atom. The second-order valence-electron chi connectivity index (χ2n) is 4.17. The molecule has 0 unspecified atom stereocenters. The summed E-state index contributed by atoms with van der Waals surface area (Å²) in [5, 5.41) is 2.78. The van der Waals surface area contributed by atoms with Gasteiger partial charge in [0, 0.05) is 5.70 Å². The van der Waals surface area contributed by atoms with Crippen LogP contribution in [0.5, 0.6) is 0 Å². The summed E-state index contributed by atoms with van der Waals surface area (Å²) in [7, 11) is 0. The van der Waals surface area contributed by atoms with Gasteiger partial charge in [-0.05, 0) is 26.3 Å². The number of benzene rings is 1. The fourth-order valence-corrected chi connectivity index (χ4v) is 1.50. The Balaban J connectivity index is 2.88. The van der Waals surface area contributed by atoms with Crippen molar-refractivity contribution in [3.8, 4) is 0 Å². The molecule has 0 aliphatic rings. The molecule has 3 heteroatoms. The molecular weight excluding hydrogens is 214 g/mol. The highest BCUT2D eigenvalue weighted by Gasteiger charge is 2.09. The maximum Gasteiger partial charge on any atom is 0.231 e. The molecule has 1 aromatic rings. The number of carbonyl (C=O) groups is 2. The summed E-state index contributed by atoms with van der Waals surface area (Å²) < 4.78 is 0. The van der Waals surface area contributed by atoms with Crippen molar-refractivity contribution in [3.05, 3.63) is 41.5 Å². The highest BCUT2D eigenvalue weighted by molar-refractivity contribution is 6.00. The molecule has 1 rings (SSSR count). The third kappa shape index (κ3) is 4.23. The highest BCUT2D eigenvalue weighted by Crippen LogP contribution is 2.15. The van der Waals surface area contributed by atoms with Crippen LogP contribution in [0.25, 0.3) is 5.70 Å². The summed E-state index contributed by atoms with van der Waals surface area (Å²) in [6.45, 7) is 5.26. The van der Waals surface area contributed by atoms with Crippen LogP contribution in [0.1, 0.15) is 32.8 Å². The smallest absolute Gasteiger partial charge is 0.231 e. The van der Waals surface area contributed by atoms with Gasteiger partial charge in [0.1, 0.15) is 5.78 Å². The minimum absolute atomic E-state index is 0.0797. The van der Waals surface area contributed by atoms with Gasteiger partial charge < -0.3 is 5.32 Å². The van der Waals surface area contributed by atoms with Gasteiger partial charge in [-0.1, -0.05) is 35.9 Å². The summed E-state index contributed by atoms with van der Waals surface area (Å²) in [5.74, 6) is -0.402. The lowest BCUT2D eigenvalue weighted by Crippen LogP contribution is -2.24. The minimum atomic E-state index is -0.266. The average Bonchev–Trinajstić information content (AvgIpc) is 2.25. The van der Waals surface area contributed by atoms with Crippen molar-refractivity contribution in [3.63, 3.8) is 0 Å². The number of rotatable bonds is 4. The predicted molar refractivity (Wildman–Crippen MR) is 68.2 cm³/mol. The summed E-state index contributed by atoms with van der Waals surface area (Å²) in [5.41, 5.74) is 2.73. The third-order valence-corrected chi connectivity index (χ3v) is 2.24. The normalized spacial score (nSPS) is 9.59. The maximum atomic E-state index is 11.6. The number of amides is 1. The van der Waals surface area contributed by atoms with Crippen LogP contribution in [-0.2, 0) is 9.59 Å². The van der Waals surface area contributed by atoms with Crippen LogP contribution < -0.4 is 5.32 Å². The van der Waals surface area contributed by atoms with Gasteiger partial charge in [0.05, 0.1) is 6.42 Å². The summed E-state index contributed by atoms with van der Waals surface area (Å²) in [6, 6.07) is 9.60. The van der Waals surface area contributed by atoms with Gasteiger partial charge in [-0.25, -0.2) is 0 Å². The van der Waals surface area contributed by atoms with Crippen molar-refractivity contribution in [2.75, 3.05) is 0 Å². The zero-order chi connectivity index (χ0) is 12.8. The van der Waals surface area contributed by atoms with Crippen LogP contribution in [0.3, 0.4) is 0 Å². The predicted octanol–water partition coefficient (Wildman–Crippen LogP) is 2.53. The van der Waals surface area contributed by atoms with Gasteiger partial charge in [0.25, 0.3) is 0 Å². The number of hydrogen-bond acceptors (Lipinski definition) is 2. The molecule has 0 saturated heterocycles. The van der Waals surface area contributed by atoms with Gasteiger partial charge in [0.15, 0.2) is 0 Å². The largest absolute Gasteiger partial charge is 0.325 e. The molecule has 17 heavy (non-hydrogen) atoms. The number of nitrogens with one attached hydrogen (secondary N) is 1. The van der Waals surface area contributed by atoms with Crippen molar-refractivity contribution in [2.24, 2.45) is 0 Å². The van der Waals surface area contributed by atoms with E-state index in [0.29, 0.717) is 0 Å². The molecule has 0 aliphatic carbocycles. The Hall–Kier alpha value is -1.90. The molecule has 0 heterocycles. The third-order valence-electron chi connectivity index (χ3n) is 2.24. The molecule has 0 aromatic heterocycles. The SMILES string of the molecule is CC(=O)CC(=O)NC(=C(C)C)c1ccccc1. The summed E-state index contributed by atoms with van der Waals surface area (Å²) in [6.07, 6.45) is -0.0797. The minimum Gasteiger partial charge on any atom is -0.325 e. The molecule has 3 nitrogen and oxygen atoms in total. The lowest BCUT2D eigenvalue weighted by Gasteiger charge is -2.11. The molecule has 0 radical (unpaired) electrons. The fraction of sp³-hybridized carbons (Fsp3) is 0.286. The molecule has 1 aromatic carbocycles. The molecule has 1 amide bonds. The van der Waals surface area contributed by atoms with Crippen LogP contribution in [0.4, 0.5) is 0 Å². The Morgan fingerprint density at radius 2 is 1.65 bits per heavy atom. The molecule has 1 N–H and O–H groups in total. The van der Waals surface area contributed by atoms with Gasteiger partial charge in [0.2, 0.25) is 5.91 Å². The number of hydrogen-bond donors (Lipinski definition) is 1. The molecule has 90 valence electrons. The Labute approximate surface area is 102 Å². The Bertz CT molecular complexity index is 443. The van der Waals surface area contributed by atoms with Crippen molar-refractivity contribution < 1.29 is 9.59 Å². The van der Waals surface area contributed by atoms with Gasteiger partial charge in [-0.15, -0.1) is 0 Å². The van der Waals surface area contributed by atoms with E-state index in [2.05, 4.69) is 5.32 Å². The van der Waals surface area contributed by atoms with E-state index in [0.717, 1.165) is 16.8 Å². The first-order chi connectivity index (χ1) is 8.00. The van der Waals surface area contributed by atoms with Gasteiger partial charge in [-0.2, -0.15) is 0 Å².